The van der Waals surface area contributed by atoms with Gasteiger partial charge in [0.15, 0.2) is 0 Å². The number of carboxylic acids is 1. The lowest BCUT2D eigenvalue weighted by Gasteiger charge is -2.23. The van der Waals surface area contributed by atoms with E-state index in [1.165, 1.54) is 0 Å². The van der Waals surface area contributed by atoms with Crippen LogP contribution in [-0.4, -0.2) is 39.6 Å². The van der Waals surface area contributed by atoms with Crippen molar-refractivity contribution in [1.82, 2.24) is 4.90 Å². The second-order valence-electron chi connectivity index (χ2n) is 4.78. The fraction of sp³-hybridized carbons (Fsp3) is 0.429. The van der Waals surface area contributed by atoms with E-state index in [0.717, 1.165) is 11.1 Å². The van der Waals surface area contributed by atoms with Gasteiger partial charge >= 0.3 is 5.97 Å². The minimum absolute atomic E-state index is 0.00217. The van der Waals surface area contributed by atoms with Gasteiger partial charge in [-0.2, -0.15) is 0 Å². The van der Waals surface area contributed by atoms with Gasteiger partial charge in [0.1, 0.15) is 0 Å². The number of amides is 1. The standard InChI is InChI=1S/C14H17NO4/c16-9-12-5-6-13(17)15(12)8-11-3-1-10(2-4-11)7-14(18)19/h1-4,12,16H,5-9H2,(H,18,19). The lowest BCUT2D eigenvalue weighted by molar-refractivity contribution is -0.136. The fourth-order valence-electron chi connectivity index (χ4n) is 2.33. The Labute approximate surface area is 111 Å². The molecule has 1 aromatic carbocycles. The first-order valence-corrected chi connectivity index (χ1v) is 6.30. The highest BCUT2D eigenvalue weighted by Crippen LogP contribution is 2.21. The molecule has 1 heterocycles. The third-order valence-corrected chi connectivity index (χ3v) is 3.39. The molecule has 1 fully saturated rings. The Balaban J connectivity index is 2.02. The monoisotopic (exact) mass is 263 g/mol. The average molecular weight is 263 g/mol. The van der Waals surface area contributed by atoms with Gasteiger partial charge in [-0.3, -0.25) is 9.59 Å². The van der Waals surface area contributed by atoms with E-state index in [1.54, 1.807) is 17.0 Å². The number of aliphatic hydroxyl groups excluding tert-OH is 1. The first-order valence-electron chi connectivity index (χ1n) is 6.30. The van der Waals surface area contributed by atoms with Crippen molar-refractivity contribution in [3.05, 3.63) is 35.4 Å². The molecule has 1 saturated heterocycles. The Hall–Kier alpha value is -1.88. The molecule has 0 aromatic heterocycles. The SMILES string of the molecule is O=C(O)Cc1ccc(CN2C(=O)CCC2CO)cc1. The molecule has 2 N–H and O–H groups in total. The van der Waals surface area contributed by atoms with Gasteiger partial charge in [0.25, 0.3) is 0 Å². The highest BCUT2D eigenvalue weighted by atomic mass is 16.4. The Bertz CT molecular complexity index is 469. The van der Waals surface area contributed by atoms with Gasteiger partial charge in [0.05, 0.1) is 19.1 Å². The molecule has 1 atom stereocenters. The normalized spacial score (nSPS) is 18.9. The van der Waals surface area contributed by atoms with E-state index in [2.05, 4.69) is 0 Å². The zero-order valence-electron chi connectivity index (χ0n) is 10.6. The van der Waals surface area contributed by atoms with E-state index in [-0.39, 0.29) is 25.0 Å². The quantitative estimate of drug-likeness (QED) is 0.823. The number of nitrogens with zero attached hydrogens (tertiary/aromatic N) is 1. The number of benzene rings is 1. The van der Waals surface area contributed by atoms with E-state index in [1.807, 2.05) is 12.1 Å². The minimum atomic E-state index is -0.859. The van der Waals surface area contributed by atoms with Crippen LogP contribution in [0.5, 0.6) is 0 Å². The van der Waals surface area contributed by atoms with Crippen LogP contribution >= 0.6 is 0 Å². The Kier molecular flexibility index (Phi) is 4.16. The van der Waals surface area contributed by atoms with Crippen molar-refractivity contribution in [2.24, 2.45) is 0 Å². The molecular formula is C14H17NO4. The summed E-state index contributed by atoms with van der Waals surface area (Å²) in [5.74, 6) is -0.795. The number of likely N-dealkylation sites (tertiary alicyclic amines) is 1. The molecule has 0 spiro atoms. The van der Waals surface area contributed by atoms with Gasteiger partial charge in [-0.05, 0) is 17.5 Å². The van der Waals surface area contributed by atoms with Gasteiger partial charge in [-0.15, -0.1) is 0 Å². The van der Waals surface area contributed by atoms with E-state index in [0.29, 0.717) is 19.4 Å². The largest absolute Gasteiger partial charge is 0.481 e. The van der Waals surface area contributed by atoms with Gasteiger partial charge < -0.3 is 15.1 Å². The molecule has 5 nitrogen and oxygen atoms in total. The first kappa shape index (κ1) is 13.5. The van der Waals surface area contributed by atoms with Gasteiger partial charge in [0.2, 0.25) is 5.91 Å². The molecule has 0 radical (unpaired) electrons. The molecule has 0 saturated carbocycles. The lowest BCUT2D eigenvalue weighted by atomic mass is 10.1. The maximum absolute atomic E-state index is 11.7. The zero-order chi connectivity index (χ0) is 13.8. The van der Waals surface area contributed by atoms with Crippen LogP contribution in [0.25, 0.3) is 0 Å². The maximum atomic E-state index is 11.7. The van der Waals surface area contributed by atoms with Gasteiger partial charge in [-0.25, -0.2) is 0 Å². The molecule has 1 unspecified atom stereocenters. The molecule has 102 valence electrons. The van der Waals surface area contributed by atoms with E-state index >= 15 is 0 Å². The van der Waals surface area contributed by atoms with Crippen LogP contribution in [0.3, 0.4) is 0 Å². The lowest BCUT2D eigenvalue weighted by Crippen LogP contribution is -2.34. The van der Waals surface area contributed by atoms with Crippen molar-refractivity contribution >= 4 is 11.9 Å². The summed E-state index contributed by atoms with van der Waals surface area (Å²) in [6, 6.07) is 7.10. The summed E-state index contributed by atoms with van der Waals surface area (Å²) in [4.78, 5) is 24.0. The molecule has 5 heteroatoms. The van der Waals surface area contributed by atoms with Crippen molar-refractivity contribution in [2.45, 2.75) is 31.8 Å². The molecule has 0 aliphatic carbocycles. The fourth-order valence-corrected chi connectivity index (χ4v) is 2.33. The molecule has 1 aromatic rings. The third kappa shape index (κ3) is 3.32. The predicted molar refractivity (Wildman–Crippen MR) is 68.4 cm³/mol. The summed E-state index contributed by atoms with van der Waals surface area (Å²) in [7, 11) is 0. The second-order valence-corrected chi connectivity index (χ2v) is 4.78. The smallest absolute Gasteiger partial charge is 0.307 e. The topological polar surface area (TPSA) is 77.8 Å². The van der Waals surface area contributed by atoms with Crippen LogP contribution in [0, 0.1) is 0 Å². The van der Waals surface area contributed by atoms with E-state index in [4.69, 9.17) is 5.11 Å². The van der Waals surface area contributed by atoms with Crippen LogP contribution < -0.4 is 0 Å². The van der Waals surface area contributed by atoms with E-state index in [9.17, 15) is 14.7 Å². The predicted octanol–water partition coefficient (Wildman–Crippen LogP) is 0.797. The van der Waals surface area contributed by atoms with Crippen molar-refractivity contribution in [3.63, 3.8) is 0 Å². The van der Waals surface area contributed by atoms with Crippen molar-refractivity contribution in [3.8, 4) is 0 Å². The second kappa shape index (κ2) is 5.84. The number of rotatable bonds is 5. The Morgan fingerprint density at radius 2 is 1.89 bits per heavy atom. The number of hydrogen-bond acceptors (Lipinski definition) is 3. The van der Waals surface area contributed by atoms with Crippen molar-refractivity contribution in [1.29, 1.82) is 0 Å². The molecule has 1 aliphatic rings. The van der Waals surface area contributed by atoms with Crippen LogP contribution in [0.15, 0.2) is 24.3 Å². The highest BCUT2D eigenvalue weighted by Gasteiger charge is 2.29. The molecule has 0 bridgehead atoms. The molecule has 19 heavy (non-hydrogen) atoms. The summed E-state index contributed by atoms with van der Waals surface area (Å²) in [6.45, 7) is 0.459. The number of carbonyl (C=O) groups is 2. The zero-order valence-corrected chi connectivity index (χ0v) is 10.6. The molecule has 1 amide bonds. The van der Waals surface area contributed by atoms with Crippen LogP contribution in [-0.2, 0) is 22.6 Å². The number of carbonyl (C=O) groups excluding carboxylic acids is 1. The Morgan fingerprint density at radius 3 is 2.47 bits per heavy atom. The third-order valence-electron chi connectivity index (χ3n) is 3.39. The Morgan fingerprint density at radius 1 is 1.26 bits per heavy atom. The number of hydrogen-bond donors (Lipinski definition) is 2. The van der Waals surface area contributed by atoms with Gasteiger partial charge in [-0.1, -0.05) is 24.3 Å². The number of aliphatic hydroxyl groups is 1. The first-order chi connectivity index (χ1) is 9.10. The summed E-state index contributed by atoms with van der Waals surface area (Å²) >= 11 is 0. The summed E-state index contributed by atoms with van der Waals surface area (Å²) in [5, 5.41) is 17.9. The molecule has 1 aliphatic heterocycles. The van der Waals surface area contributed by atoms with E-state index < -0.39 is 5.97 Å². The van der Waals surface area contributed by atoms with Crippen molar-refractivity contribution in [2.75, 3.05) is 6.61 Å². The molecule has 2 rings (SSSR count). The highest BCUT2D eigenvalue weighted by molar-refractivity contribution is 5.78. The van der Waals surface area contributed by atoms with Crippen molar-refractivity contribution < 1.29 is 19.8 Å². The number of aliphatic carboxylic acids is 1. The summed E-state index contributed by atoms with van der Waals surface area (Å²) in [5.41, 5.74) is 1.69. The minimum Gasteiger partial charge on any atom is -0.481 e. The maximum Gasteiger partial charge on any atom is 0.307 e. The van der Waals surface area contributed by atoms with Crippen LogP contribution in [0.4, 0.5) is 0 Å². The number of carboxylic acid groups (broad SMARTS) is 1. The summed E-state index contributed by atoms with van der Waals surface area (Å²) in [6.07, 6.45) is 1.19. The van der Waals surface area contributed by atoms with Crippen LogP contribution in [0.2, 0.25) is 0 Å². The summed E-state index contributed by atoms with van der Waals surface area (Å²) < 4.78 is 0. The van der Waals surface area contributed by atoms with Gasteiger partial charge in [0, 0.05) is 13.0 Å². The van der Waals surface area contributed by atoms with Crippen LogP contribution in [0.1, 0.15) is 24.0 Å². The molecular weight excluding hydrogens is 246 g/mol. The average Bonchev–Trinajstić information content (AvgIpc) is 2.72.